The van der Waals surface area contributed by atoms with E-state index < -0.39 is 21.4 Å². The summed E-state index contributed by atoms with van der Waals surface area (Å²) >= 11 is 0. The zero-order valence-electron chi connectivity index (χ0n) is 15.4. The highest BCUT2D eigenvalue weighted by Gasteiger charge is 2.55. The zero-order chi connectivity index (χ0) is 19.1. The number of sulfone groups is 1. The van der Waals surface area contributed by atoms with E-state index in [1.165, 1.54) is 4.90 Å². The predicted octanol–water partition coefficient (Wildman–Crippen LogP) is 0.523. The molecule has 3 atom stereocenters. The second-order valence-electron chi connectivity index (χ2n) is 7.68. The fourth-order valence-electron chi connectivity index (χ4n) is 4.52. The van der Waals surface area contributed by atoms with Crippen LogP contribution in [0.1, 0.15) is 46.0 Å². The van der Waals surface area contributed by atoms with Gasteiger partial charge in [-0.3, -0.25) is 14.5 Å². The Morgan fingerprint density at radius 3 is 2.62 bits per heavy atom. The minimum Gasteiger partial charge on any atom is -0.337 e. The monoisotopic (exact) mass is 385 g/mol. The van der Waals surface area contributed by atoms with E-state index in [1.807, 2.05) is 6.92 Å². The Morgan fingerprint density at radius 1 is 1.31 bits per heavy atom. The van der Waals surface area contributed by atoms with Crippen molar-refractivity contribution in [2.75, 3.05) is 24.6 Å². The highest BCUT2D eigenvalue weighted by molar-refractivity contribution is 7.91. The van der Waals surface area contributed by atoms with Crippen LogP contribution in [0.15, 0.2) is 0 Å². The minimum absolute atomic E-state index is 0.0371. The van der Waals surface area contributed by atoms with E-state index in [1.54, 1.807) is 6.92 Å². The quantitative estimate of drug-likeness (QED) is 0.711. The van der Waals surface area contributed by atoms with Crippen molar-refractivity contribution in [2.45, 2.75) is 57.5 Å². The molecule has 3 fully saturated rings. The lowest BCUT2D eigenvalue weighted by atomic mass is 9.73. The van der Waals surface area contributed by atoms with Gasteiger partial charge in [0.15, 0.2) is 9.84 Å². The molecule has 2 heterocycles. The summed E-state index contributed by atoms with van der Waals surface area (Å²) in [5, 5.41) is 2.83. The van der Waals surface area contributed by atoms with E-state index in [0.29, 0.717) is 19.4 Å². The van der Waals surface area contributed by atoms with Crippen LogP contribution < -0.4 is 5.32 Å². The molecule has 146 valence electrons. The summed E-state index contributed by atoms with van der Waals surface area (Å²) < 4.78 is 23.4. The van der Waals surface area contributed by atoms with Crippen LogP contribution in [0.4, 0.5) is 4.79 Å². The first kappa shape index (κ1) is 19.1. The number of carbonyl (C=O) groups is 3. The van der Waals surface area contributed by atoms with Crippen LogP contribution in [0, 0.1) is 5.92 Å². The maximum atomic E-state index is 12.9. The molecule has 1 N–H and O–H groups in total. The molecule has 0 unspecified atom stereocenters. The SMILES string of the molecule is CCN(C(=O)CN1C(=O)N[C@@]2(CCCC[C@@H]2C)C1=O)[C@H]1CCS(=O)(=O)C1. The average molecular weight is 385 g/mol. The fourth-order valence-corrected chi connectivity index (χ4v) is 6.26. The van der Waals surface area contributed by atoms with Crippen molar-refractivity contribution in [1.82, 2.24) is 15.1 Å². The van der Waals surface area contributed by atoms with Crippen molar-refractivity contribution >= 4 is 27.7 Å². The molecule has 4 amide bonds. The van der Waals surface area contributed by atoms with Crippen LogP contribution >= 0.6 is 0 Å². The van der Waals surface area contributed by atoms with Crippen molar-refractivity contribution < 1.29 is 22.8 Å². The maximum Gasteiger partial charge on any atom is 0.325 e. The molecule has 2 aliphatic heterocycles. The third-order valence-corrected chi connectivity index (χ3v) is 7.86. The maximum absolute atomic E-state index is 12.9. The van der Waals surface area contributed by atoms with Gasteiger partial charge in [0, 0.05) is 12.6 Å². The number of hydrogen-bond donors (Lipinski definition) is 1. The molecule has 9 heteroatoms. The lowest BCUT2D eigenvalue weighted by Gasteiger charge is -2.37. The minimum atomic E-state index is -3.12. The van der Waals surface area contributed by atoms with E-state index in [4.69, 9.17) is 0 Å². The lowest BCUT2D eigenvalue weighted by Crippen LogP contribution is -2.54. The normalized spacial score (nSPS) is 33.5. The van der Waals surface area contributed by atoms with Gasteiger partial charge in [-0.2, -0.15) is 0 Å². The molecule has 0 aromatic carbocycles. The van der Waals surface area contributed by atoms with Gasteiger partial charge in [-0.15, -0.1) is 0 Å². The Morgan fingerprint density at radius 2 is 2.04 bits per heavy atom. The first-order chi connectivity index (χ1) is 12.2. The molecule has 3 aliphatic rings. The first-order valence-electron chi connectivity index (χ1n) is 9.34. The van der Waals surface area contributed by atoms with Gasteiger partial charge in [0.25, 0.3) is 5.91 Å². The lowest BCUT2D eigenvalue weighted by molar-refractivity contribution is -0.141. The first-order valence-corrected chi connectivity index (χ1v) is 11.2. The molecule has 0 aromatic rings. The molecule has 0 radical (unpaired) electrons. The van der Waals surface area contributed by atoms with E-state index in [-0.39, 0.29) is 41.8 Å². The van der Waals surface area contributed by atoms with Crippen molar-refractivity contribution in [2.24, 2.45) is 5.92 Å². The average Bonchev–Trinajstić information content (AvgIpc) is 3.04. The number of amides is 4. The van der Waals surface area contributed by atoms with Crippen molar-refractivity contribution in [1.29, 1.82) is 0 Å². The number of imide groups is 1. The smallest absolute Gasteiger partial charge is 0.325 e. The number of nitrogens with zero attached hydrogens (tertiary/aromatic N) is 2. The Labute approximate surface area is 154 Å². The van der Waals surface area contributed by atoms with Gasteiger partial charge in [-0.05, 0) is 32.1 Å². The van der Waals surface area contributed by atoms with Gasteiger partial charge in [0.2, 0.25) is 5.91 Å². The van der Waals surface area contributed by atoms with Crippen LogP contribution in [-0.2, 0) is 19.4 Å². The van der Waals surface area contributed by atoms with E-state index in [0.717, 1.165) is 24.2 Å². The summed E-state index contributed by atoms with van der Waals surface area (Å²) in [6, 6.07) is -0.895. The Kier molecular flexibility index (Phi) is 5.02. The van der Waals surface area contributed by atoms with E-state index in [2.05, 4.69) is 5.32 Å². The number of urea groups is 1. The summed E-state index contributed by atoms with van der Waals surface area (Å²) in [6.07, 6.45) is 3.78. The molecule has 1 spiro atoms. The highest BCUT2D eigenvalue weighted by Crippen LogP contribution is 2.38. The summed E-state index contributed by atoms with van der Waals surface area (Å²) in [5.74, 6) is -0.634. The molecule has 1 aliphatic carbocycles. The summed E-state index contributed by atoms with van der Waals surface area (Å²) in [6.45, 7) is 3.76. The van der Waals surface area contributed by atoms with Gasteiger partial charge in [0.05, 0.1) is 11.5 Å². The second-order valence-corrected chi connectivity index (χ2v) is 9.90. The van der Waals surface area contributed by atoms with Gasteiger partial charge < -0.3 is 10.2 Å². The molecule has 3 rings (SSSR count). The number of likely N-dealkylation sites (N-methyl/N-ethyl adjacent to an activating group) is 1. The van der Waals surface area contributed by atoms with Crippen LogP contribution in [0.2, 0.25) is 0 Å². The molecular formula is C17H27N3O5S. The topological polar surface area (TPSA) is 104 Å². The number of carbonyl (C=O) groups excluding carboxylic acids is 3. The summed E-state index contributed by atoms with van der Waals surface area (Å²) in [5.41, 5.74) is -0.886. The Hall–Kier alpha value is -1.64. The number of rotatable bonds is 4. The van der Waals surface area contributed by atoms with Crippen molar-refractivity contribution in [3.63, 3.8) is 0 Å². The third-order valence-electron chi connectivity index (χ3n) is 6.11. The van der Waals surface area contributed by atoms with E-state index >= 15 is 0 Å². The van der Waals surface area contributed by atoms with Gasteiger partial charge >= 0.3 is 6.03 Å². The fraction of sp³-hybridized carbons (Fsp3) is 0.824. The van der Waals surface area contributed by atoms with Crippen LogP contribution in [0.25, 0.3) is 0 Å². The Balaban J connectivity index is 1.72. The number of hydrogen-bond acceptors (Lipinski definition) is 5. The third kappa shape index (κ3) is 3.21. The molecular weight excluding hydrogens is 358 g/mol. The summed E-state index contributed by atoms with van der Waals surface area (Å²) in [7, 11) is -3.12. The highest BCUT2D eigenvalue weighted by atomic mass is 32.2. The second kappa shape index (κ2) is 6.83. The van der Waals surface area contributed by atoms with Crippen LogP contribution in [-0.4, -0.2) is 72.2 Å². The van der Waals surface area contributed by atoms with Gasteiger partial charge in [-0.25, -0.2) is 13.2 Å². The molecule has 0 bridgehead atoms. The molecule has 2 saturated heterocycles. The van der Waals surface area contributed by atoms with Crippen molar-refractivity contribution in [3.8, 4) is 0 Å². The molecule has 1 saturated carbocycles. The Bertz CT molecular complexity index is 722. The van der Waals surface area contributed by atoms with Gasteiger partial charge in [-0.1, -0.05) is 19.8 Å². The predicted molar refractivity (Wildman–Crippen MR) is 95.1 cm³/mol. The molecule has 0 aromatic heterocycles. The van der Waals surface area contributed by atoms with Crippen molar-refractivity contribution in [3.05, 3.63) is 0 Å². The number of nitrogens with one attached hydrogen (secondary N) is 1. The van der Waals surface area contributed by atoms with Crippen LogP contribution in [0.3, 0.4) is 0 Å². The standard InChI is InChI=1S/C17H27N3O5S/c1-3-19(13-7-9-26(24,25)11-13)14(21)10-20-15(22)17(18-16(20)23)8-5-4-6-12(17)2/h12-13H,3-11H2,1-2H3,(H,18,23)/t12-,13-,17+/m0/s1. The van der Waals surface area contributed by atoms with Gasteiger partial charge in [0.1, 0.15) is 12.1 Å². The zero-order valence-corrected chi connectivity index (χ0v) is 16.2. The summed E-state index contributed by atoms with van der Waals surface area (Å²) in [4.78, 5) is 40.6. The largest absolute Gasteiger partial charge is 0.337 e. The molecule has 8 nitrogen and oxygen atoms in total. The van der Waals surface area contributed by atoms with Crippen LogP contribution in [0.5, 0.6) is 0 Å². The molecule has 26 heavy (non-hydrogen) atoms. The van der Waals surface area contributed by atoms with E-state index in [9.17, 15) is 22.8 Å².